The molecule has 1 aliphatic rings. The molecule has 0 aromatic rings. The van der Waals surface area contributed by atoms with Crippen molar-refractivity contribution in [2.45, 2.75) is 32.8 Å². The van der Waals surface area contributed by atoms with Crippen LogP contribution in [0.3, 0.4) is 0 Å². The minimum absolute atomic E-state index is 0.202. The van der Waals surface area contributed by atoms with Crippen LogP contribution in [0, 0.1) is 5.92 Å². The molecule has 0 amide bonds. The van der Waals surface area contributed by atoms with Gasteiger partial charge in [-0.05, 0) is 19.8 Å². The normalized spacial score (nSPS) is 37.4. The first-order valence-corrected chi connectivity index (χ1v) is 4.61. The van der Waals surface area contributed by atoms with Gasteiger partial charge in [0.05, 0.1) is 19.3 Å². The van der Waals surface area contributed by atoms with Crippen LogP contribution in [0.1, 0.15) is 26.7 Å². The van der Waals surface area contributed by atoms with Crippen LogP contribution < -0.4 is 0 Å². The largest absolute Gasteiger partial charge is 0.393 e. The molecule has 2 unspecified atom stereocenters. The molecule has 0 saturated carbocycles. The Bertz CT molecular complexity index is 163. The molecule has 0 radical (unpaired) electrons. The quantitative estimate of drug-likeness (QED) is 0.561. The van der Waals surface area contributed by atoms with Crippen LogP contribution in [-0.2, 0) is 4.74 Å². The molecule has 1 aliphatic heterocycles. The molecule has 1 N–H and O–H groups in total. The number of hydrogen-bond acceptors (Lipinski definition) is 2. The van der Waals surface area contributed by atoms with Crippen LogP contribution in [0.15, 0.2) is 11.6 Å². The summed E-state index contributed by atoms with van der Waals surface area (Å²) in [5, 5.41) is 9.62. The number of ether oxygens (including phenoxy) is 1. The monoisotopic (exact) mass is 170 g/mol. The molecule has 0 spiro atoms. The van der Waals surface area contributed by atoms with E-state index in [9.17, 15) is 5.11 Å². The van der Waals surface area contributed by atoms with Crippen LogP contribution >= 0.6 is 0 Å². The Morgan fingerprint density at radius 2 is 2.33 bits per heavy atom. The van der Waals surface area contributed by atoms with Crippen molar-refractivity contribution < 1.29 is 9.84 Å². The summed E-state index contributed by atoms with van der Waals surface area (Å²) in [6.07, 6.45) is 3.76. The highest BCUT2D eigenvalue weighted by Gasteiger charge is 2.15. The fraction of sp³-hybridized carbons (Fsp3) is 0.800. The molecule has 0 aromatic heterocycles. The van der Waals surface area contributed by atoms with E-state index in [2.05, 4.69) is 13.0 Å². The fourth-order valence-electron chi connectivity index (χ4n) is 1.33. The Kier molecular flexibility index (Phi) is 3.76. The van der Waals surface area contributed by atoms with Crippen LogP contribution in [0.25, 0.3) is 0 Å². The second-order valence-corrected chi connectivity index (χ2v) is 3.67. The maximum Gasteiger partial charge on any atom is 0.0650 e. The molecule has 0 saturated heterocycles. The Morgan fingerprint density at radius 3 is 3.08 bits per heavy atom. The summed E-state index contributed by atoms with van der Waals surface area (Å²) in [5.74, 6) is 0.268. The predicted octanol–water partition coefficient (Wildman–Crippen LogP) is 1.74. The molecule has 1 rings (SSSR count). The molecule has 0 aromatic carbocycles. The van der Waals surface area contributed by atoms with Crippen molar-refractivity contribution in [3.8, 4) is 0 Å². The smallest absolute Gasteiger partial charge is 0.0650 e. The first-order valence-electron chi connectivity index (χ1n) is 4.61. The lowest BCUT2D eigenvalue weighted by atomic mass is 9.99. The Labute approximate surface area is 74.2 Å². The van der Waals surface area contributed by atoms with Crippen molar-refractivity contribution in [1.29, 1.82) is 0 Å². The van der Waals surface area contributed by atoms with Crippen LogP contribution in [-0.4, -0.2) is 24.4 Å². The first-order chi connectivity index (χ1) is 5.70. The third-order valence-electron chi connectivity index (χ3n) is 2.42. The number of rotatable bonds is 0. The Balaban J connectivity index is 2.47. The van der Waals surface area contributed by atoms with E-state index < -0.39 is 0 Å². The predicted molar refractivity (Wildman–Crippen MR) is 49.0 cm³/mol. The average molecular weight is 170 g/mol. The van der Waals surface area contributed by atoms with Crippen LogP contribution in [0.4, 0.5) is 0 Å². The van der Waals surface area contributed by atoms with Crippen molar-refractivity contribution in [2.24, 2.45) is 5.92 Å². The van der Waals surface area contributed by atoms with E-state index in [0.717, 1.165) is 12.8 Å². The van der Waals surface area contributed by atoms with E-state index in [4.69, 9.17) is 4.74 Å². The highest BCUT2D eigenvalue weighted by molar-refractivity contribution is 4.99. The molecule has 0 fully saturated rings. The molecule has 1 heterocycles. The topological polar surface area (TPSA) is 29.5 Å². The number of aliphatic hydroxyl groups excluding tert-OH is 1. The van der Waals surface area contributed by atoms with Crippen LogP contribution in [0.2, 0.25) is 0 Å². The van der Waals surface area contributed by atoms with E-state index >= 15 is 0 Å². The van der Waals surface area contributed by atoms with Crippen molar-refractivity contribution in [2.75, 3.05) is 13.2 Å². The molecular formula is C10H18O2. The van der Waals surface area contributed by atoms with Gasteiger partial charge >= 0.3 is 0 Å². The summed E-state index contributed by atoms with van der Waals surface area (Å²) in [4.78, 5) is 0. The zero-order valence-electron chi connectivity index (χ0n) is 7.92. The Morgan fingerprint density at radius 1 is 1.58 bits per heavy atom. The number of allylic oxidation sites excluding steroid dienone is 1. The zero-order valence-corrected chi connectivity index (χ0v) is 7.92. The molecular weight excluding hydrogens is 152 g/mol. The summed E-state index contributed by atoms with van der Waals surface area (Å²) < 4.78 is 5.37. The number of hydrogen-bond donors (Lipinski definition) is 1. The van der Waals surface area contributed by atoms with E-state index in [1.165, 1.54) is 5.57 Å². The van der Waals surface area contributed by atoms with Gasteiger partial charge in [-0.3, -0.25) is 0 Å². The molecule has 2 heteroatoms. The third kappa shape index (κ3) is 2.95. The van der Waals surface area contributed by atoms with Gasteiger partial charge in [-0.25, -0.2) is 0 Å². The van der Waals surface area contributed by atoms with Gasteiger partial charge in [0.15, 0.2) is 0 Å². The molecule has 2 atom stereocenters. The standard InChI is InChI=1S/C10H18O2/c1-8-3-4-10(11)9(2)7-12-6-5-8/h5,9-11H,3-4,6-7H2,1-2H3/b8-5-. The SMILES string of the molecule is C/C1=C/COCC(C)C(O)CC1. The van der Waals surface area contributed by atoms with Gasteiger partial charge in [0.2, 0.25) is 0 Å². The third-order valence-corrected chi connectivity index (χ3v) is 2.42. The van der Waals surface area contributed by atoms with E-state index in [1.54, 1.807) is 0 Å². The van der Waals surface area contributed by atoms with Gasteiger partial charge < -0.3 is 9.84 Å². The summed E-state index contributed by atoms with van der Waals surface area (Å²) in [6.45, 7) is 5.49. The van der Waals surface area contributed by atoms with E-state index in [1.807, 2.05) is 6.92 Å². The molecule has 0 bridgehead atoms. The summed E-state index contributed by atoms with van der Waals surface area (Å²) in [6, 6.07) is 0. The second kappa shape index (κ2) is 4.63. The van der Waals surface area contributed by atoms with Gasteiger partial charge in [0, 0.05) is 5.92 Å². The molecule has 2 nitrogen and oxygen atoms in total. The second-order valence-electron chi connectivity index (χ2n) is 3.67. The lowest BCUT2D eigenvalue weighted by Crippen LogP contribution is -2.21. The summed E-state index contributed by atoms with van der Waals surface area (Å²) >= 11 is 0. The van der Waals surface area contributed by atoms with Gasteiger partial charge in [-0.1, -0.05) is 18.6 Å². The summed E-state index contributed by atoms with van der Waals surface area (Å²) in [7, 11) is 0. The molecule has 0 aliphatic carbocycles. The Hall–Kier alpha value is -0.340. The highest BCUT2D eigenvalue weighted by atomic mass is 16.5. The minimum Gasteiger partial charge on any atom is -0.393 e. The average Bonchev–Trinajstić information content (AvgIpc) is 2.11. The van der Waals surface area contributed by atoms with Crippen LogP contribution in [0.5, 0.6) is 0 Å². The van der Waals surface area contributed by atoms with Gasteiger partial charge in [0.25, 0.3) is 0 Å². The minimum atomic E-state index is -0.202. The highest BCUT2D eigenvalue weighted by Crippen LogP contribution is 2.15. The maximum atomic E-state index is 9.62. The van der Waals surface area contributed by atoms with Crippen molar-refractivity contribution in [1.82, 2.24) is 0 Å². The first kappa shape index (κ1) is 9.75. The number of aliphatic hydroxyl groups is 1. The lowest BCUT2D eigenvalue weighted by molar-refractivity contribution is 0.0440. The summed E-state index contributed by atoms with van der Waals surface area (Å²) in [5.41, 5.74) is 1.32. The molecule has 70 valence electrons. The molecule has 12 heavy (non-hydrogen) atoms. The fourth-order valence-corrected chi connectivity index (χ4v) is 1.33. The van der Waals surface area contributed by atoms with Crippen molar-refractivity contribution in [3.05, 3.63) is 11.6 Å². The van der Waals surface area contributed by atoms with E-state index in [0.29, 0.717) is 13.2 Å². The maximum absolute atomic E-state index is 9.62. The lowest BCUT2D eigenvalue weighted by Gasteiger charge is -2.16. The van der Waals surface area contributed by atoms with Gasteiger partial charge in [0.1, 0.15) is 0 Å². The van der Waals surface area contributed by atoms with Gasteiger partial charge in [-0.2, -0.15) is 0 Å². The van der Waals surface area contributed by atoms with E-state index in [-0.39, 0.29) is 12.0 Å². The van der Waals surface area contributed by atoms with Gasteiger partial charge in [-0.15, -0.1) is 0 Å². The van der Waals surface area contributed by atoms with Crippen molar-refractivity contribution in [3.63, 3.8) is 0 Å². The van der Waals surface area contributed by atoms with Crippen molar-refractivity contribution >= 4 is 0 Å². The zero-order chi connectivity index (χ0) is 8.97.